The third kappa shape index (κ3) is 3.37. The zero-order chi connectivity index (χ0) is 12.0. The van der Waals surface area contributed by atoms with E-state index in [1.165, 1.54) is 18.2 Å². The van der Waals surface area contributed by atoms with Gasteiger partial charge in [-0.1, -0.05) is 30.9 Å². The molecule has 3 nitrogen and oxygen atoms in total. The molecule has 0 radical (unpaired) electrons. The summed E-state index contributed by atoms with van der Waals surface area (Å²) < 4.78 is 0. The van der Waals surface area contributed by atoms with Gasteiger partial charge in [0.1, 0.15) is 0 Å². The summed E-state index contributed by atoms with van der Waals surface area (Å²) in [5, 5.41) is 1.94. The molecule has 0 aromatic heterocycles. The molecule has 1 aromatic rings. The van der Waals surface area contributed by atoms with Gasteiger partial charge in [-0.05, 0) is 23.7 Å². The Bertz CT molecular complexity index is 452. The fourth-order valence-corrected chi connectivity index (χ4v) is 1.26. The molecule has 0 aliphatic heterocycles. The summed E-state index contributed by atoms with van der Waals surface area (Å²) in [6.07, 6.45) is 4.29. The van der Waals surface area contributed by atoms with E-state index >= 15 is 0 Å². The van der Waals surface area contributed by atoms with Gasteiger partial charge in [0, 0.05) is 6.08 Å². The Kier molecular flexibility index (Phi) is 4.48. The van der Waals surface area contributed by atoms with Gasteiger partial charge in [-0.2, -0.15) is 0 Å². The molecular weight excluding hydrogens is 226 g/mol. The number of hydrogen-bond acceptors (Lipinski definition) is 2. The second kappa shape index (κ2) is 5.88. The van der Waals surface area contributed by atoms with Gasteiger partial charge in [0.2, 0.25) is 5.91 Å². The quantitative estimate of drug-likeness (QED) is 0.496. The summed E-state index contributed by atoms with van der Waals surface area (Å²) in [7, 11) is 0. The molecule has 0 fully saturated rings. The van der Waals surface area contributed by atoms with Crippen LogP contribution >= 0.6 is 11.6 Å². The lowest BCUT2D eigenvalue weighted by atomic mass is 10.2. The Morgan fingerprint density at radius 3 is 2.62 bits per heavy atom. The van der Waals surface area contributed by atoms with E-state index in [0.717, 1.165) is 0 Å². The minimum Gasteiger partial charge on any atom is -0.322 e. The summed E-state index contributed by atoms with van der Waals surface area (Å²) in [6, 6.07) is 6.53. The van der Waals surface area contributed by atoms with Crippen LogP contribution in [0, 0.1) is 0 Å². The average Bonchev–Trinajstić information content (AvgIpc) is 2.27. The molecule has 0 spiro atoms. The smallest absolute Gasteiger partial charge is 0.254 e. The van der Waals surface area contributed by atoms with Crippen LogP contribution in [0.15, 0.2) is 49.1 Å². The number of nitrogens with one attached hydrogen (secondary N) is 1. The number of amides is 1. The molecule has 0 saturated carbocycles. The minimum absolute atomic E-state index is 0.268. The molecule has 0 unspecified atom stereocenters. The Morgan fingerprint density at radius 2 is 2.00 bits per heavy atom. The first kappa shape index (κ1) is 12.2. The van der Waals surface area contributed by atoms with Gasteiger partial charge in [-0.3, -0.25) is 9.59 Å². The van der Waals surface area contributed by atoms with E-state index in [0.29, 0.717) is 5.69 Å². The average molecular weight is 236 g/mol. The molecule has 0 bridgehead atoms. The maximum Gasteiger partial charge on any atom is 0.254 e. The van der Waals surface area contributed by atoms with Crippen LogP contribution in [0.1, 0.15) is 10.4 Å². The third-order valence-electron chi connectivity index (χ3n) is 1.78. The fraction of sp³-hybridized carbons (Fsp3) is 0. The molecule has 1 amide bonds. The van der Waals surface area contributed by atoms with E-state index < -0.39 is 5.24 Å². The summed E-state index contributed by atoms with van der Waals surface area (Å²) in [6.45, 7) is 3.44. The minimum atomic E-state index is -0.608. The van der Waals surface area contributed by atoms with Gasteiger partial charge in [0.05, 0.1) is 11.3 Å². The lowest BCUT2D eigenvalue weighted by Gasteiger charge is -2.05. The van der Waals surface area contributed by atoms with Gasteiger partial charge in [0.25, 0.3) is 5.24 Å². The van der Waals surface area contributed by atoms with Crippen LogP contribution < -0.4 is 5.32 Å². The van der Waals surface area contributed by atoms with Gasteiger partial charge in [-0.25, -0.2) is 0 Å². The molecule has 0 aliphatic rings. The molecule has 0 saturated heterocycles. The second-order valence-electron chi connectivity index (χ2n) is 2.90. The van der Waals surface area contributed by atoms with Crippen LogP contribution in [0.25, 0.3) is 0 Å². The van der Waals surface area contributed by atoms with Crippen LogP contribution in [-0.4, -0.2) is 11.1 Å². The first-order valence-corrected chi connectivity index (χ1v) is 4.92. The molecule has 16 heavy (non-hydrogen) atoms. The summed E-state index contributed by atoms with van der Waals surface area (Å²) >= 11 is 5.37. The lowest BCUT2D eigenvalue weighted by molar-refractivity contribution is -0.111. The van der Waals surface area contributed by atoms with Crippen molar-refractivity contribution in [1.29, 1.82) is 0 Å². The van der Waals surface area contributed by atoms with E-state index in [1.54, 1.807) is 24.3 Å². The molecule has 1 aromatic carbocycles. The maximum atomic E-state index is 11.3. The fourth-order valence-electron chi connectivity index (χ4n) is 1.09. The zero-order valence-corrected chi connectivity index (χ0v) is 9.20. The summed E-state index contributed by atoms with van der Waals surface area (Å²) in [5.74, 6) is -0.342. The van der Waals surface area contributed by atoms with Crippen molar-refractivity contribution < 1.29 is 9.59 Å². The number of carbonyl (C=O) groups excluding carboxylic acids is 2. The van der Waals surface area contributed by atoms with Crippen molar-refractivity contribution in [2.24, 2.45) is 0 Å². The predicted octanol–water partition coefficient (Wildman–Crippen LogP) is 2.75. The highest BCUT2D eigenvalue weighted by Crippen LogP contribution is 2.16. The Labute approximate surface area is 98.4 Å². The van der Waals surface area contributed by atoms with E-state index in [1.807, 2.05) is 0 Å². The molecule has 0 aliphatic carbocycles. The van der Waals surface area contributed by atoms with Crippen molar-refractivity contribution in [2.45, 2.75) is 0 Å². The summed E-state index contributed by atoms with van der Waals surface area (Å²) in [5.41, 5.74) is 0.658. The van der Waals surface area contributed by atoms with Crippen LogP contribution in [-0.2, 0) is 4.79 Å². The number of halogens is 1. The molecular formula is C12H10ClNO2. The van der Waals surface area contributed by atoms with Crippen LogP contribution in [0.5, 0.6) is 0 Å². The molecule has 1 N–H and O–H groups in total. The first-order valence-electron chi connectivity index (χ1n) is 4.54. The topological polar surface area (TPSA) is 46.2 Å². The van der Waals surface area contributed by atoms with Crippen LogP contribution in [0.2, 0.25) is 0 Å². The monoisotopic (exact) mass is 235 g/mol. The SMILES string of the molecule is C=CC=CC(=O)Nc1ccccc1C(=O)Cl. The van der Waals surface area contributed by atoms with Gasteiger partial charge >= 0.3 is 0 Å². The van der Waals surface area contributed by atoms with Crippen LogP contribution in [0.3, 0.4) is 0 Å². The van der Waals surface area contributed by atoms with Gasteiger partial charge < -0.3 is 5.32 Å². The molecule has 1 rings (SSSR count). The highest BCUT2D eigenvalue weighted by Gasteiger charge is 2.08. The Morgan fingerprint density at radius 1 is 1.31 bits per heavy atom. The molecule has 4 heteroatoms. The highest BCUT2D eigenvalue weighted by molar-refractivity contribution is 6.68. The van der Waals surface area contributed by atoms with Crippen molar-refractivity contribution in [1.82, 2.24) is 0 Å². The number of benzene rings is 1. The number of hydrogen-bond donors (Lipinski definition) is 1. The Balaban J connectivity index is 2.88. The second-order valence-corrected chi connectivity index (χ2v) is 3.25. The predicted molar refractivity (Wildman–Crippen MR) is 64.6 cm³/mol. The molecule has 0 heterocycles. The number of allylic oxidation sites excluding steroid dienone is 2. The number of carbonyl (C=O) groups is 2. The number of rotatable bonds is 4. The largest absolute Gasteiger partial charge is 0.322 e. The van der Waals surface area contributed by atoms with Crippen LogP contribution in [0.4, 0.5) is 5.69 Å². The van der Waals surface area contributed by atoms with Crippen molar-refractivity contribution in [3.05, 3.63) is 54.6 Å². The number of anilines is 1. The summed E-state index contributed by atoms with van der Waals surface area (Å²) in [4.78, 5) is 22.4. The van der Waals surface area contributed by atoms with Crippen molar-refractivity contribution in [3.8, 4) is 0 Å². The lowest BCUT2D eigenvalue weighted by Crippen LogP contribution is -2.10. The maximum absolute atomic E-state index is 11.3. The standard InChI is InChI=1S/C12H10ClNO2/c1-2-3-8-11(15)14-10-7-5-4-6-9(10)12(13)16/h2-8H,1H2,(H,14,15). The van der Waals surface area contributed by atoms with Crippen molar-refractivity contribution in [2.75, 3.05) is 5.32 Å². The van der Waals surface area contributed by atoms with Gasteiger partial charge in [0.15, 0.2) is 0 Å². The van der Waals surface area contributed by atoms with E-state index in [4.69, 9.17) is 11.6 Å². The molecule has 0 atom stereocenters. The van der Waals surface area contributed by atoms with Crippen molar-refractivity contribution >= 4 is 28.4 Å². The zero-order valence-electron chi connectivity index (χ0n) is 8.44. The van der Waals surface area contributed by atoms with Crippen molar-refractivity contribution in [3.63, 3.8) is 0 Å². The normalized spacial score (nSPS) is 10.1. The van der Waals surface area contributed by atoms with E-state index in [-0.39, 0.29) is 11.5 Å². The van der Waals surface area contributed by atoms with E-state index in [9.17, 15) is 9.59 Å². The Hall–Kier alpha value is -1.87. The van der Waals surface area contributed by atoms with E-state index in [2.05, 4.69) is 11.9 Å². The number of para-hydroxylation sites is 1. The highest BCUT2D eigenvalue weighted by atomic mass is 35.5. The molecule has 82 valence electrons. The van der Waals surface area contributed by atoms with Gasteiger partial charge in [-0.15, -0.1) is 0 Å². The third-order valence-corrected chi connectivity index (χ3v) is 1.98. The first-order chi connectivity index (χ1) is 7.65.